The number of carbonyl (C=O) groups is 7. The number of rotatable bonds is 14. The summed E-state index contributed by atoms with van der Waals surface area (Å²) in [6, 6.07) is 9.25. The van der Waals surface area contributed by atoms with Gasteiger partial charge in [-0.25, -0.2) is 0 Å². The van der Waals surface area contributed by atoms with E-state index in [-0.39, 0.29) is 0 Å². The van der Waals surface area contributed by atoms with Gasteiger partial charge in [-0.1, -0.05) is 30.3 Å². The van der Waals surface area contributed by atoms with E-state index in [1.807, 2.05) is 30.3 Å². The molecule has 1 aromatic rings. The Balaban J connectivity index is 2.13. The average molecular weight is 743 g/mol. The fourth-order valence-corrected chi connectivity index (χ4v) is 6.53. The molecular weight excluding hydrogens is 700 g/mol. The van der Waals surface area contributed by atoms with E-state index in [1.165, 1.54) is 11.8 Å². The largest absolute Gasteiger partial charge is 0.463 e. The van der Waals surface area contributed by atoms with E-state index >= 15 is 0 Å². The highest BCUT2D eigenvalue weighted by molar-refractivity contribution is 7.99. The number of hydrogen-bond acceptors (Lipinski definition) is 18. The second-order valence-corrected chi connectivity index (χ2v) is 12.5. The Morgan fingerprint density at radius 3 is 1.45 bits per heavy atom. The molecule has 0 radical (unpaired) electrons. The quantitative estimate of drug-likeness (QED) is 0.195. The third-order valence-electron chi connectivity index (χ3n) is 7.14. The zero-order chi connectivity index (χ0) is 37.8. The van der Waals surface area contributed by atoms with Crippen LogP contribution in [-0.4, -0.2) is 116 Å². The molecule has 2 saturated heterocycles. The predicted octanol–water partition coefficient (Wildman–Crippen LogP) is 1.54. The van der Waals surface area contributed by atoms with Gasteiger partial charge in [-0.05, 0) is 5.56 Å². The van der Waals surface area contributed by atoms with Gasteiger partial charge < -0.3 is 47.4 Å². The van der Waals surface area contributed by atoms with Gasteiger partial charge in [0.15, 0.2) is 36.8 Å². The van der Waals surface area contributed by atoms with E-state index in [0.717, 1.165) is 54.0 Å². The molecule has 18 heteroatoms. The van der Waals surface area contributed by atoms with Gasteiger partial charge in [0.05, 0.1) is 0 Å². The Kier molecular flexibility index (Phi) is 15.6. The first kappa shape index (κ1) is 41.2. The summed E-state index contributed by atoms with van der Waals surface area (Å²) in [6.07, 6.45) is -13.4. The first-order chi connectivity index (χ1) is 24.0. The van der Waals surface area contributed by atoms with Crippen molar-refractivity contribution >= 4 is 53.5 Å². The summed E-state index contributed by atoms with van der Waals surface area (Å²) in [5, 5.41) is 0. The van der Waals surface area contributed by atoms with Crippen molar-refractivity contribution in [3.8, 4) is 0 Å². The molecule has 2 aliphatic rings. The smallest absolute Gasteiger partial charge is 0.303 e. The van der Waals surface area contributed by atoms with Crippen LogP contribution in [0, 0.1) is 0 Å². The molecule has 0 unspecified atom stereocenters. The van der Waals surface area contributed by atoms with Gasteiger partial charge in [0.2, 0.25) is 0 Å². The summed E-state index contributed by atoms with van der Waals surface area (Å²) in [6.45, 7) is 6.70. The van der Waals surface area contributed by atoms with E-state index < -0.39 is 116 Å². The van der Waals surface area contributed by atoms with Crippen LogP contribution in [0.5, 0.6) is 0 Å². The highest BCUT2D eigenvalue weighted by Gasteiger charge is 2.57. The maximum absolute atomic E-state index is 12.6. The van der Waals surface area contributed by atoms with E-state index in [1.54, 1.807) is 0 Å². The molecule has 51 heavy (non-hydrogen) atoms. The van der Waals surface area contributed by atoms with Crippen molar-refractivity contribution in [3.05, 3.63) is 35.9 Å². The lowest BCUT2D eigenvalue weighted by Gasteiger charge is -2.48. The molecule has 10 atom stereocenters. The molecule has 0 aromatic heterocycles. The van der Waals surface area contributed by atoms with Crippen molar-refractivity contribution < 1.29 is 80.9 Å². The zero-order valence-electron chi connectivity index (χ0n) is 29.1. The molecular formula is C33H42O17S. The lowest BCUT2D eigenvalue weighted by molar-refractivity contribution is -0.341. The van der Waals surface area contributed by atoms with Crippen molar-refractivity contribution in [2.45, 2.75) is 115 Å². The van der Waals surface area contributed by atoms with Crippen LogP contribution < -0.4 is 0 Å². The maximum Gasteiger partial charge on any atom is 0.303 e. The minimum Gasteiger partial charge on any atom is -0.463 e. The lowest BCUT2D eigenvalue weighted by atomic mass is 9.96. The average Bonchev–Trinajstić information content (AvgIpc) is 3.02. The van der Waals surface area contributed by atoms with Gasteiger partial charge in [0.25, 0.3) is 0 Å². The highest BCUT2D eigenvalue weighted by atomic mass is 32.2. The Morgan fingerprint density at radius 1 is 0.529 bits per heavy atom. The summed E-state index contributed by atoms with van der Waals surface area (Å²) in [5.74, 6) is -5.23. The molecule has 0 spiro atoms. The molecule has 2 fully saturated rings. The minimum absolute atomic E-state index is 0.363. The topological polar surface area (TPSA) is 212 Å². The van der Waals surface area contributed by atoms with Gasteiger partial charge in [0.1, 0.15) is 37.0 Å². The van der Waals surface area contributed by atoms with E-state index in [4.69, 9.17) is 47.4 Å². The summed E-state index contributed by atoms with van der Waals surface area (Å²) in [4.78, 5) is 85.6. The van der Waals surface area contributed by atoms with Crippen molar-refractivity contribution in [2.75, 3.05) is 13.2 Å². The van der Waals surface area contributed by atoms with Crippen LogP contribution in [0.25, 0.3) is 0 Å². The van der Waals surface area contributed by atoms with Crippen molar-refractivity contribution in [3.63, 3.8) is 0 Å². The number of benzene rings is 1. The van der Waals surface area contributed by atoms with Gasteiger partial charge in [0, 0.05) is 54.2 Å². The summed E-state index contributed by atoms with van der Waals surface area (Å²) in [5.41, 5.74) is -0.113. The van der Waals surface area contributed by atoms with Gasteiger partial charge in [-0.15, -0.1) is 11.8 Å². The number of hydrogen-bond donors (Lipinski definition) is 0. The molecule has 0 N–H and O–H groups in total. The van der Waals surface area contributed by atoms with Gasteiger partial charge >= 0.3 is 41.8 Å². The van der Waals surface area contributed by atoms with Gasteiger partial charge in [-0.3, -0.25) is 33.6 Å². The lowest BCUT2D eigenvalue weighted by Crippen LogP contribution is -2.66. The molecule has 0 aliphatic carbocycles. The Hall–Kier alpha value is -4.26. The SMILES string of the molecule is CC(=O)OC[C@H]1O[C@@H](SCc2ccccc2)[C@H](OC(C)=O)[C@@H](OC(C)=O)[C@@H]1O[C@@H]1O[C@H](COC(C)=O)[C@@H](OC(C)=O)[C@H](OC(C)=O)[C@H]1OC(C)=O. The minimum atomic E-state index is -1.75. The molecule has 17 nitrogen and oxygen atoms in total. The van der Waals surface area contributed by atoms with Crippen molar-refractivity contribution in [1.29, 1.82) is 0 Å². The van der Waals surface area contributed by atoms with E-state index in [2.05, 4.69) is 0 Å². The molecule has 3 rings (SSSR count). The zero-order valence-corrected chi connectivity index (χ0v) is 29.9. The van der Waals surface area contributed by atoms with Crippen LogP contribution in [0.1, 0.15) is 54.0 Å². The second-order valence-electron chi connectivity index (χ2n) is 11.5. The van der Waals surface area contributed by atoms with Crippen LogP contribution >= 0.6 is 11.8 Å². The highest BCUT2D eigenvalue weighted by Crippen LogP contribution is 2.38. The third kappa shape index (κ3) is 12.8. The summed E-state index contributed by atoms with van der Waals surface area (Å²) >= 11 is 1.21. The summed E-state index contributed by atoms with van der Waals surface area (Å²) in [7, 11) is 0. The van der Waals surface area contributed by atoms with E-state index in [0.29, 0.717) is 5.75 Å². The fraction of sp³-hybridized carbons (Fsp3) is 0.606. The molecule has 0 saturated carbocycles. The Morgan fingerprint density at radius 2 is 0.961 bits per heavy atom. The molecule has 1 aromatic carbocycles. The van der Waals surface area contributed by atoms with E-state index in [9.17, 15) is 33.6 Å². The summed E-state index contributed by atoms with van der Waals surface area (Å²) < 4.78 is 56.9. The number of ether oxygens (including phenoxy) is 10. The molecule has 2 aliphatic heterocycles. The van der Waals surface area contributed by atoms with Crippen LogP contribution in [-0.2, 0) is 86.7 Å². The van der Waals surface area contributed by atoms with Gasteiger partial charge in [-0.2, -0.15) is 0 Å². The molecule has 0 bridgehead atoms. The first-order valence-electron chi connectivity index (χ1n) is 15.8. The van der Waals surface area contributed by atoms with Crippen LogP contribution in [0.15, 0.2) is 30.3 Å². The molecule has 2 heterocycles. The fourth-order valence-electron chi connectivity index (χ4n) is 5.36. The monoisotopic (exact) mass is 742 g/mol. The number of esters is 7. The number of thioether (sulfide) groups is 1. The molecule has 0 amide bonds. The Labute approximate surface area is 298 Å². The van der Waals surface area contributed by atoms with Crippen LogP contribution in [0.4, 0.5) is 0 Å². The first-order valence-corrected chi connectivity index (χ1v) is 16.8. The number of carbonyl (C=O) groups excluding carboxylic acids is 7. The predicted molar refractivity (Wildman–Crippen MR) is 171 cm³/mol. The normalized spacial score (nSPS) is 28.7. The second kappa shape index (κ2) is 19.4. The third-order valence-corrected chi connectivity index (χ3v) is 8.35. The standard InChI is InChI=1S/C33H42O17S/c1-16(34)41-13-24-26(43-18(3)36)28(44-19(4)37)30(46-21(6)39)32(48-24)50-27-25(14-42-17(2)35)49-33(51-15-23-11-9-8-10-12-23)31(47-22(7)40)29(27)45-20(5)38/h8-12,24-33H,13-15H2,1-7H3/t24-,25-,26-,27-,28+,29+,30-,31-,32+,33+/m1/s1. The van der Waals surface area contributed by atoms with Crippen LogP contribution in [0.3, 0.4) is 0 Å². The maximum atomic E-state index is 12.6. The molecule has 282 valence electrons. The Bertz CT molecular complexity index is 1400. The van der Waals surface area contributed by atoms with Crippen molar-refractivity contribution in [1.82, 2.24) is 0 Å². The van der Waals surface area contributed by atoms with Crippen molar-refractivity contribution in [2.24, 2.45) is 0 Å². The van der Waals surface area contributed by atoms with Crippen LogP contribution in [0.2, 0.25) is 0 Å².